The lowest BCUT2D eigenvalue weighted by Gasteiger charge is -2.38. The molecule has 2 N–H and O–H groups in total. The number of alkyl carbamates (subject to hydrolysis) is 1. The topological polar surface area (TPSA) is 117 Å². The van der Waals surface area contributed by atoms with E-state index in [4.69, 9.17) is 16.3 Å². The van der Waals surface area contributed by atoms with E-state index in [0.29, 0.717) is 29.6 Å². The minimum Gasteiger partial charge on any atom is -0.444 e. The lowest BCUT2D eigenvalue weighted by molar-refractivity contribution is 0.0522. The lowest BCUT2D eigenvalue weighted by Crippen LogP contribution is -2.49. The standard InChI is InChI=1S/C29H37ClN6O4S/c1-29(2,3)40-28(37)32-17-20-36(24-14-18-35(19-15-24)21-22-7-5-4-6-8-22)41(38,39)25-11-9-23(10-12-25)33-27-31-16-13-26(30)34-27/h4-13,16,24H,14-15,17-21H2,1-3H3,(H,32,37)(H,31,33,34). The van der Waals surface area contributed by atoms with Crippen molar-refractivity contribution in [3.05, 3.63) is 77.6 Å². The van der Waals surface area contributed by atoms with Crippen molar-refractivity contribution in [2.75, 3.05) is 31.5 Å². The average Bonchev–Trinajstić information content (AvgIpc) is 2.92. The van der Waals surface area contributed by atoms with Crippen LogP contribution in [0.1, 0.15) is 39.2 Å². The number of anilines is 2. The third kappa shape index (κ3) is 9.12. The highest BCUT2D eigenvalue weighted by Gasteiger charge is 2.34. The molecule has 12 heteroatoms. The van der Waals surface area contributed by atoms with Crippen LogP contribution in [0.5, 0.6) is 0 Å². The van der Waals surface area contributed by atoms with E-state index in [0.717, 1.165) is 19.6 Å². The highest BCUT2D eigenvalue weighted by atomic mass is 35.5. The van der Waals surface area contributed by atoms with Crippen LogP contribution in [0, 0.1) is 0 Å². The Morgan fingerprint density at radius 3 is 2.39 bits per heavy atom. The normalized spacial score (nSPS) is 15.0. The Hall–Kier alpha value is -3.25. The molecule has 2 aromatic carbocycles. The zero-order valence-electron chi connectivity index (χ0n) is 23.6. The Bertz CT molecular complexity index is 1390. The first-order valence-electron chi connectivity index (χ1n) is 13.6. The van der Waals surface area contributed by atoms with Gasteiger partial charge in [-0.05, 0) is 69.5 Å². The van der Waals surface area contributed by atoms with Crippen molar-refractivity contribution in [2.24, 2.45) is 0 Å². The van der Waals surface area contributed by atoms with Gasteiger partial charge in [0.05, 0.1) is 4.90 Å². The number of aromatic nitrogens is 2. The van der Waals surface area contributed by atoms with E-state index in [-0.39, 0.29) is 24.0 Å². The number of rotatable bonds is 10. The first-order valence-corrected chi connectivity index (χ1v) is 15.4. The number of ether oxygens (including phenoxy) is 1. The quantitative estimate of drug-likeness (QED) is 0.310. The molecule has 1 aliphatic rings. The number of likely N-dealkylation sites (tertiary alicyclic amines) is 1. The minimum atomic E-state index is -3.86. The summed E-state index contributed by atoms with van der Waals surface area (Å²) in [5, 5.41) is 6.02. The van der Waals surface area contributed by atoms with Gasteiger partial charge in [0, 0.05) is 50.6 Å². The summed E-state index contributed by atoms with van der Waals surface area (Å²) >= 11 is 5.93. The van der Waals surface area contributed by atoms with E-state index in [1.807, 2.05) is 18.2 Å². The maximum Gasteiger partial charge on any atom is 0.407 e. The molecular weight excluding hydrogens is 564 g/mol. The van der Waals surface area contributed by atoms with Crippen LogP contribution in [-0.2, 0) is 21.3 Å². The van der Waals surface area contributed by atoms with Crippen molar-refractivity contribution in [3.8, 4) is 0 Å². The highest BCUT2D eigenvalue weighted by molar-refractivity contribution is 7.89. The Morgan fingerprint density at radius 2 is 1.76 bits per heavy atom. The fourth-order valence-corrected chi connectivity index (χ4v) is 6.48. The monoisotopic (exact) mass is 600 g/mol. The van der Waals surface area contributed by atoms with E-state index in [2.05, 4.69) is 37.6 Å². The van der Waals surface area contributed by atoms with Gasteiger partial charge < -0.3 is 15.4 Å². The summed E-state index contributed by atoms with van der Waals surface area (Å²) in [6, 6.07) is 18.1. The number of halogens is 1. The van der Waals surface area contributed by atoms with Gasteiger partial charge in [0.25, 0.3) is 0 Å². The third-order valence-electron chi connectivity index (χ3n) is 6.55. The zero-order valence-corrected chi connectivity index (χ0v) is 25.2. The van der Waals surface area contributed by atoms with Gasteiger partial charge in [-0.1, -0.05) is 41.9 Å². The Labute approximate surface area is 247 Å². The number of hydrogen-bond acceptors (Lipinski definition) is 8. The van der Waals surface area contributed by atoms with E-state index in [1.165, 1.54) is 16.1 Å². The smallest absolute Gasteiger partial charge is 0.407 e. The molecule has 0 unspecified atom stereocenters. The lowest BCUT2D eigenvalue weighted by atomic mass is 10.0. The van der Waals surface area contributed by atoms with Gasteiger partial charge in [0.2, 0.25) is 16.0 Å². The number of amides is 1. The molecule has 1 aliphatic heterocycles. The van der Waals surface area contributed by atoms with Crippen molar-refractivity contribution in [1.29, 1.82) is 0 Å². The molecule has 0 atom stereocenters. The first kappa shape index (κ1) is 30.7. The second-order valence-corrected chi connectivity index (χ2v) is 13.2. The molecule has 2 heterocycles. The van der Waals surface area contributed by atoms with Crippen LogP contribution in [0.25, 0.3) is 0 Å². The minimum absolute atomic E-state index is 0.126. The molecule has 0 bridgehead atoms. The zero-order chi connectivity index (χ0) is 29.5. The second kappa shape index (κ2) is 13.6. The van der Waals surface area contributed by atoms with Crippen LogP contribution in [0.2, 0.25) is 5.15 Å². The van der Waals surface area contributed by atoms with Gasteiger partial charge in [0.1, 0.15) is 10.8 Å². The van der Waals surface area contributed by atoms with Crippen LogP contribution < -0.4 is 10.6 Å². The number of benzene rings is 2. The van der Waals surface area contributed by atoms with Gasteiger partial charge in [-0.15, -0.1) is 0 Å². The van der Waals surface area contributed by atoms with Gasteiger partial charge in [-0.3, -0.25) is 4.90 Å². The maximum atomic E-state index is 13.9. The summed E-state index contributed by atoms with van der Waals surface area (Å²) in [6.07, 6.45) is 2.32. The van der Waals surface area contributed by atoms with Crippen molar-refractivity contribution < 1.29 is 17.9 Å². The number of nitrogens with one attached hydrogen (secondary N) is 2. The molecular formula is C29H37ClN6O4S. The Balaban J connectivity index is 1.46. The van der Waals surface area contributed by atoms with Crippen molar-refractivity contribution in [1.82, 2.24) is 24.5 Å². The summed E-state index contributed by atoms with van der Waals surface area (Å²) in [4.78, 5) is 23.0. The van der Waals surface area contributed by atoms with Crippen LogP contribution in [-0.4, -0.2) is 71.5 Å². The molecule has 1 amide bonds. The SMILES string of the molecule is CC(C)(C)OC(=O)NCCN(C1CCN(Cc2ccccc2)CC1)S(=O)(=O)c1ccc(Nc2nccc(Cl)n2)cc1. The molecule has 0 radical (unpaired) electrons. The molecule has 0 spiro atoms. The number of carbonyl (C=O) groups excluding carboxylic acids is 1. The van der Waals surface area contributed by atoms with Gasteiger partial charge >= 0.3 is 6.09 Å². The van der Waals surface area contributed by atoms with Gasteiger partial charge in [-0.2, -0.15) is 4.31 Å². The predicted molar refractivity (Wildman–Crippen MR) is 160 cm³/mol. The van der Waals surface area contributed by atoms with E-state index in [1.54, 1.807) is 51.1 Å². The van der Waals surface area contributed by atoms with Gasteiger partial charge in [0.15, 0.2) is 0 Å². The molecule has 0 aliphatic carbocycles. The van der Waals surface area contributed by atoms with Crippen molar-refractivity contribution in [2.45, 2.75) is 56.7 Å². The van der Waals surface area contributed by atoms with Crippen LogP contribution >= 0.6 is 11.6 Å². The number of nitrogens with zero attached hydrogens (tertiary/aromatic N) is 4. The molecule has 1 aromatic heterocycles. The molecule has 220 valence electrons. The predicted octanol–water partition coefficient (Wildman–Crippen LogP) is 5.05. The summed E-state index contributed by atoms with van der Waals surface area (Å²) in [6.45, 7) is 7.97. The second-order valence-electron chi connectivity index (χ2n) is 10.9. The Morgan fingerprint density at radius 1 is 1.07 bits per heavy atom. The Kier molecular flexibility index (Phi) is 10.2. The van der Waals surface area contributed by atoms with Crippen LogP contribution in [0.4, 0.5) is 16.4 Å². The van der Waals surface area contributed by atoms with E-state index >= 15 is 0 Å². The van der Waals surface area contributed by atoms with Gasteiger partial charge in [-0.25, -0.2) is 23.2 Å². The first-order chi connectivity index (χ1) is 19.5. The van der Waals surface area contributed by atoms with Crippen LogP contribution in [0.15, 0.2) is 71.8 Å². The largest absolute Gasteiger partial charge is 0.444 e. The maximum absolute atomic E-state index is 13.9. The van der Waals surface area contributed by atoms with E-state index < -0.39 is 21.7 Å². The molecule has 4 rings (SSSR count). The average molecular weight is 601 g/mol. The van der Waals surface area contributed by atoms with Crippen molar-refractivity contribution in [3.63, 3.8) is 0 Å². The molecule has 0 saturated carbocycles. The fourth-order valence-electron chi connectivity index (χ4n) is 4.66. The molecule has 10 nitrogen and oxygen atoms in total. The molecule has 1 fully saturated rings. The summed E-state index contributed by atoms with van der Waals surface area (Å²) < 4.78 is 34.7. The molecule has 1 saturated heterocycles. The fraction of sp³-hybridized carbons (Fsp3) is 0.414. The third-order valence-corrected chi connectivity index (χ3v) is 8.73. The molecule has 41 heavy (non-hydrogen) atoms. The summed E-state index contributed by atoms with van der Waals surface area (Å²) in [5.74, 6) is 0.310. The van der Waals surface area contributed by atoms with Crippen LogP contribution in [0.3, 0.4) is 0 Å². The molecule has 3 aromatic rings. The number of hydrogen-bond donors (Lipinski definition) is 2. The summed E-state index contributed by atoms with van der Waals surface area (Å²) in [5.41, 5.74) is 1.21. The summed E-state index contributed by atoms with van der Waals surface area (Å²) in [7, 11) is -3.86. The number of carbonyl (C=O) groups is 1. The highest BCUT2D eigenvalue weighted by Crippen LogP contribution is 2.26. The van der Waals surface area contributed by atoms with Crippen molar-refractivity contribution >= 4 is 39.4 Å². The van der Waals surface area contributed by atoms with E-state index in [9.17, 15) is 13.2 Å². The number of sulfonamides is 1. The number of piperidine rings is 1.